The molecule has 27 heavy (non-hydrogen) atoms. The fourth-order valence-corrected chi connectivity index (χ4v) is 7.27. The highest BCUT2D eigenvalue weighted by atomic mass is 28.4. The molecule has 0 N–H and O–H groups in total. The monoisotopic (exact) mass is 400 g/mol. The number of benzene rings is 1. The summed E-state index contributed by atoms with van der Waals surface area (Å²) in [5.41, 5.74) is 2.98. The Kier molecular flexibility index (Phi) is 5.82. The van der Waals surface area contributed by atoms with Crippen LogP contribution in [0, 0.1) is 0 Å². The molecule has 1 aliphatic rings. The van der Waals surface area contributed by atoms with Crippen molar-refractivity contribution in [3.8, 4) is 5.75 Å². The van der Waals surface area contributed by atoms with Crippen LogP contribution in [0.3, 0.4) is 0 Å². The van der Waals surface area contributed by atoms with Gasteiger partial charge in [0.1, 0.15) is 13.8 Å². The summed E-state index contributed by atoms with van der Waals surface area (Å²) in [5.74, 6) is 1.19. The predicted molar refractivity (Wildman–Crippen MR) is 127 cm³/mol. The molecule has 0 aromatic heterocycles. The fraction of sp³-hybridized carbons (Fsp3) is 0.583. The van der Waals surface area contributed by atoms with Crippen molar-refractivity contribution in [1.82, 2.24) is 0 Å². The summed E-state index contributed by atoms with van der Waals surface area (Å²) in [4.78, 5) is 0. The summed E-state index contributed by atoms with van der Waals surface area (Å²) in [6, 6.07) is 4.90. The highest BCUT2D eigenvalue weighted by Gasteiger charge is 2.37. The molecular weight excluding hydrogens is 360 g/mol. The molecule has 0 fully saturated rings. The third kappa shape index (κ3) is 5.06. The van der Waals surface area contributed by atoms with Gasteiger partial charge in [0, 0.05) is 0 Å². The van der Waals surface area contributed by atoms with Crippen molar-refractivity contribution >= 4 is 21.6 Å². The highest BCUT2D eigenvalue weighted by molar-refractivity contribution is 6.96. The van der Waals surface area contributed by atoms with Crippen LogP contribution in [0.15, 0.2) is 35.6 Å². The van der Waals surface area contributed by atoms with E-state index in [1.165, 1.54) is 22.1 Å². The molecule has 0 radical (unpaired) electrons. The van der Waals surface area contributed by atoms with Crippen molar-refractivity contribution in [2.45, 2.75) is 91.5 Å². The maximum absolute atomic E-state index is 6.83. The van der Waals surface area contributed by atoms with Crippen LogP contribution in [0.5, 0.6) is 5.75 Å². The lowest BCUT2D eigenvalue weighted by atomic mass is 9.80. The van der Waals surface area contributed by atoms with Gasteiger partial charge in [-0.1, -0.05) is 90.2 Å². The quantitative estimate of drug-likeness (QED) is 0.503. The van der Waals surface area contributed by atoms with Crippen molar-refractivity contribution in [3.63, 3.8) is 0 Å². The van der Waals surface area contributed by atoms with E-state index in [-0.39, 0.29) is 10.8 Å². The Morgan fingerprint density at radius 1 is 0.852 bits per heavy atom. The second-order valence-corrected chi connectivity index (χ2v) is 20.4. The Bertz CT molecular complexity index is 763. The number of rotatable bonds is 4. The Hall–Kier alpha value is -1.07. The number of allylic oxidation sites excluding steroid dienone is 4. The molecule has 0 spiro atoms. The third-order valence-corrected chi connectivity index (χ3v) is 9.93. The van der Waals surface area contributed by atoms with E-state index in [1.807, 2.05) is 0 Å². The van der Waals surface area contributed by atoms with Gasteiger partial charge in [-0.05, 0) is 53.2 Å². The number of hydrogen-bond donors (Lipinski definition) is 0. The van der Waals surface area contributed by atoms with Gasteiger partial charge in [-0.25, -0.2) is 0 Å². The van der Waals surface area contributed by atoms with E-state index >= 15 is 0 Å². The van der Waals surface area contributed by atoms with Crippen molar-refractivity contribution in [2.24, 2.45) is 0 Å². The second-order valence-electron chi connectivity index (χ2n) is 11.6. The molecule has 2 rings (SSSR count). The third-order valence-electron chi connectivity index (χ3n) is 5.42. The standard InChI is InChI=1S/C24H40OSi2/c1-23(2,3)18-16-20(24(4,5)6)22(25-26(7,8)9)21(17-18)27(10,11)19-14-12-13-15-19/h12-14,16-17H,15H2,1-11H3. The normalized spacial score (nSPS) is 15.9. The van der Waals surface area contributed by atoms with Gasteiger partial charge in [0.05, 0.1) is 0 Å². The van der Waals surface area contributed by atoms with Crippen molar-refractivity contribution in [2.75, 3.05) is 0 Å². The van der Waals surface area contributed by atoms with Crippen LogP contribution in [0.1, 0.15) is 59.1 Å². The lowest BCUT2D eigenvalue weighted by Crippen LogP contribution is -2.47. The molecule has 0 aliphatic heterocycles. The first kappa shape index (κ1) is 22.2. The average Bonchev–Trinajstić information content (AvgIpc) is 2.97. The molecule has 0 saturated heterocycles. The van der Waals surface area contributed by atoms with Gasteiger partial charge < -0.3 is 4.43 Å². The van der Waals surface area contributed by atoms with E-state index in [9.17, 15) is 0 Å². The first-order valence-corrected chi connectivity index (χ1v) is 16.7. The molecule has 1 aliphatic carbocycles. The lowest BCUT2D eigenvalue weighted by Gasteiger charge is -2.36. The van der Waals surface area contributed by atoms with E-state index in [0.717, 1.165) is 6.42 Å². The molecule has 3 heteroatoms. The van der Waals surface area contributed by atoms with E-state index in [2.05, 4.69) is 105 Å². The van der Waals surface area contributed by atoms with E-state index in [4.69, 9.17) is 4.43 Å². The van der Waals surface area contributed by atoms with Crippen LogP contribution in [0.25, 0.3) is 0 Å². The van der Waals surface area contributed by atoms with E-state index < -0.39 is 16.4 Å². The largest absolute Gasteiger partial charge is 0.544 e. The van der Waals surface area contributed by atoms with Gasteiger partial charge in [-0.15, -0.1) is 0 Å². The van der Waals surface area contributed by atoms with E-state index in [1.54, 1.807) is 5.20 Å². The van der Waals surface area contributed by atoms with Gasteiger partial charge in [0.2, 0.25) is 8.32 Å². The van der Waals surface area contributed by atoms with Gasteiger partial charge in [-0.3, -0.25) is 0 Å². The van der Waals surface area contributed by atoms with Crippen LogP contribution in [0.2, 0.25) is 32.7 Å². The van der Waals surface area contributed by atoms with Crippen molar-refractivity contribution in [1.29, 1.82) is 0 Å². The molecule has 0 heterocycles. The Labute approximate surface area is 170 Å². The Morgan fingerprint density at radius 2 is 1.44 bits per heavy atom. The Morgan fingerprint density at radius 3 is 1.85 bits per heavy atom. The summed E-state index contributed by atoms with van der Waals surface area (Å²) < 4.78 is 6.83. The fourth-order valence-electron chi connectivity index (χ4n) is 3.58. The lowest BCUT2D eigenvalue weighted by molar-refractivity contribution is 0.507. The summed E-state index contributed by atoms with van der Waals surface area (Å²) in [5, 5.41) is 3.09. The average molecular weight is 401 g/mol. The summed E-state index contributed by atoms with van der Waals surface area (Å²) >= 11 is 0. The summed E-state index contributed by atoms with van der Waals surface area (Å²) in [6.07, 6.45) is 7.96. The molecule has 1 aromatic rings. The molecule has 1 aromatic carbocycles. The number of hydrogen-bond acceptors (Lipinski definition) is 1. The highest BCUT2D eigenvalue weighted by Crippen LogP contribution is 2.38. The van der Waals surface area contributed by atoms with Gasteiger partial charge in [0.25, 0.3) is 0 Å². The smallest absolute Gasteiger partial charge is 0.242 e. The zero-order valence-corrected chi connectivity index (χ0v) is 21.5. The molecular formula is C24H40OSi2. The molecule has 0 saturated carbocycles. The second kappa shape index (κ2) is 7.07. The van der Waals surface area contributed by atoms with Crippen LogP contribution < -0.4 is 9.61 Å². The maximum Gasteiger partial charge on any atom is 0.242 e. The summed E-state index contributed by atoms with van der Waals surface area (Å²) in [7, 11) is -3.55. The Balaban J connectivity index is 2.85. The van der Waals surface area contributed by atoms with Crippen LogP contribution in [0.4, 0.5) is 0 Å². The SMILES string of the molecule is CC(C)(C)c1cc(C(C)(C)C)c(O[Si](C)(C)C)c([Si](C)(C)C2=CC=CC2)c1. The van der Waals surface area contributed by atoms with Crippen LogP contribution in [-0.2, 0) is 10.8 Å². The first-order chi connectivity index (χ1) is 12.0. The molecule has 0 unspecified atom stereocenters. The molecule has 0 atom stereocenters. The van der Waals surface area contributed by atoms with Crippen LogP contribution >= 0.6 is 0 Å². The van der Waals surface area contributed by atoms with Gasteiger partial charge in [-0.2, -0.15) is 0 Å². The molecule has 1 nitrogen and oxygen atoms in total. The molecule has 0 amide bonds. The van der Waals surface area contributed by atoms with Crippen LogP contribution in [-0.4, -0.2) is 16.4 Å². The first-order valence-electron chi connectivity index (χ1n) is 10.3. The molecule has 150 valence electrons. The zero-order valence-electron chi connectivity index (χ0n) is 19.5. The zero-order chi connectivity index (χ0) is 20.8. The summed E-state index contributed by atoms with van der Waals surface area (Å²) in [6.45, 7) is 25.8. The van der Waals surface area contributed by atoms with Crippen molar-refractivity contribution < 1.29 is 4.43 Å². The van der Waals surface area contributed by atoms with Gasteiger partial charge in [0.15, 0.2) is 0 Å². The maximum atomic E-state index is 6.83. The predicted octanol–water partition coefficient (Wildman–Crippen LogP) is 6.84. The molecule has 0 bridgehead atoms. The minimum absolute atomic E-state index is 0.0534. The minimum Gasteiger partial charge on any atom is -0.544 e. The topological polar surface area (TPSA) is 9.23 Å². The van der Waals surface area contributed by atoms with Crippen molar-refractivity contribution in [3.05, 3.63) is 46.7 Å². The minimum atomic E-state index is -1.82. The van der Waals surface area contributed by atoms with E-state index in [0.29, 0.717) is 0 Å². The van der Waals surface area contributed by atoms with Gasteiger partial charge >= 0.3 is 0 Å².